The highest BCUT2D eigenvalue weighted by Crippen LogP contribution is 2.27. The molecule has 0 saturated carbocycles. The van der Waals surface area contributed by atoms with E-state index in [0.717, 1.165) is 28.8 Å². The van der Waals surface area contributed by atoms with Gasteiger partial charge in [-0.3, -0.25) is 0 Å². The first-order chi connectivity index (χ1) is 9.00. The number of hydrogen-bond donors (Lipinski definition) is 1. The average molecular weight is 330 g/mol. The fourth-order valence-corrected chi connectivity index (χ4v) is 1.98. The zero-order chi connectivity index (χ0) is 14.3. The van der Waals surface area contributed by atoms with Crippen LogP contribution in [0.1, 0.15) is 38.8 Å². The smallest absolute Gasteiger partial charge is 0.125 e. The summed E-state index contributed by atoms with van der Waals surface area (Å²) in [6.07, 6.45) is 1.09. The molecule has 0 aromatic heterocycles. The highest BCUT2D eigenvalue weighted by atomic mass is 79.9. The van der Waals surface area contributed by atoms with Crippen LogP contribution in [0.25, 0.3) is 0 Å². The fourth-order valence-electron chi connectivity index (χ4n) is 1.64. The van der Waals surface area contributed by atoms with Crippen LogP contribution in [0.15, 0.2) is 22.7 Å². The van der Waals surface area contributed by atoms with E-state index in [1.54, 1.807) is 0 Å². The SMILES string of the molecule is CC(C)CCOCCOc1cc(Br)ccc1C(C)N. The predicted octanol–water partition coefficient (Wildman–Crippen LogP) is 3.91. The van der Waals surface area contributed by atoms with Crippen LogP contribution in [-0.2, 0) is 4.74 Å². The summed E-state index contributed by atoms with van der Waals surface area (Å²) in [6, 6.07) is 5.88. The molecule has 0 aliphatic carbocycles. The van der Waals surface area contributed by atoms with Gasteiger partial charge in [0.25, 0.3) is 0 Å². The highest BCUT2D eigenvalue weighted by molar-refractivity contribution is 9.10. The summed E-state index contributed by atoms with van der Waals surface area (Å²) in [6.45, 7) is 8.29. The molecule has 1 unspecified atom stereocenters. The largest absolute Gasteiger partial charge is 0.491 e. The van der Waals surface area contributed by atoms with Crippen molar-refractivity contribution in [3.05, 3.63) is 28.2 Å². The fraction of sp³-hybridized carbons (Fsp3) is 0.600. The van der Waals surface area contributed by atoms with Crippen LogP contribution in [0.3, 0.4) is 0 Å². The Labute approximate surface area is 124 Å². The molecule has 1 aromatic rings. The van der Waals surface area contributed by atoms with Gasteiger partial charge in [0.2, 0.25) is 0 Å². The topological polar surface area (TPSA) is 44.5 Å². The lowest BCUT2D eigenvalue weighted by atomic mass is 10.1. The minimum Gasteiger partial charge on any atom is -0.491 e. The van der Waals surface area contributed by atoms with Gasteiger partial charge in [-0.05, 0) is 31.4 Å². The van der Waals surface area contributed by atoms with Gasteiger partial charge in [0.05, 0.1) is 6.61 Å². The van der Waals surface area contributed by atoms with E-state index in [-0.39, 0.29) is 6.04 Å². The maximum Gasteiger partial charge on any atom is 0.125 e. The van der Waals surface area contributed by atoms with Crippen molar-refractivity contribution in [2.45, 2.75) is 33.2 Å². The summed E-state index contributed by atoms with van der Waals surface area (Å²) in [5, 5.41) is 0. The van der Waals surface area contributed by atoms with E-state index in [9.17, 15) is 0 Å². The Kier molecular flexibility index (Phi) is 7.42. The summed E-state index contributed by atoms with van der Waals surface area (Å²) in [5.41, 5.74) is 6.94. The molecular formula is C15H24BrNO2. The van der Waals surface area contributed by atoms with Crippen LogP contribution in [0.5, 0.6) is 5.75 Å². The first kappa shape index (κ1) is 16.5. The van der Waals surface area contributed by atoms with Gasteiger partial charge in [-0.25, -0.2) is 0 Å². The molecule has 4 heteroatoms. The Morgan fingerprint density at radius 1 is 1.16 bits per heavy atom. The summed E-state index contributed by atoms with van der Waals surface area (Å²) >= 11 is 3.44. The Bertz CT molecular complexity index is 380. The van der Waals surface area contributed by atoms with Crippen molar-refractivity contribution < 1.29 is 9.47 Å². The quantitative estimate of drug-likeness (QED) is 0.735. The molecule has 0 spiro atoms. The summed E-state index contributed by atoms with van der Waals surface area (Å²) in [7, 11) is 0. The molecule has 1 atom stereocenters. The van der Waals surface area contributed by atoms with Crippen LogP contribution >= 0.6 is 15.9 Å². The molecule has 3 nitrogen and oxygen atoms in total. The maximum absolute atomic E-state index is 5.92. The molecule has 2 N–H and O–H groups in total. The van der Waals surface area contributed by atoms with Gasteiger partial charge in [0.15, 0.2) is 0 Å². The third kappa shape index (κ3) is 6.41. The van der Waals surface area contributed by atoms with E-state index in [2.05, 4.69) is 29.8 Å². The predicted molar refractivity (Wildman–Crippen MR) is 82.5 cm³/mol. The van der Waals surface area contributed by atoms with E-state index in [4.69, 9.17) is 15.2 Å². The van der Waals surface area contributed by atoms with E-state index in [1.165, 1.54) is 0 Å². The second kappa shape index (κ2) is 8.56. The van der Waals surface area contributed by atoms with Crippen LogP contribution in [-0.4, -0.2) is 19.8 Å². The zero-order valence-corrected chi connectivity index (χ0v) is 13.6. The molecule has 0 fully saturated rings. The average Bonchev–Trinajstić information content (AvgIpc) is 2.33. The van der Waals surface area contributed by atoms with Crippen molar-refractivity contribution in [2.24, 2.45) is 11.7 Å². The number of nitrogens with two attached hydrogens (primary N) is 1. The van der Waals surface area contributed by atoms with Gasteiger partial charge in [-0.15, -0.1) is 0 Å². The second-order valence-corrected chi connectivity index (χ2v) is 6.03. The Hall–Kier alpha value is -0.580. The zero-order valence-electron chi connectivity index (χ0n) is 12.0. The lowest BCUT2D eigenvalue weighted by molar-refractivity contribution is 0.0921. The normalized spacial score (nSPS) is 12.7. The van der Waals surface area contributed by atoms with Gasteiger partial charge >= 0.3 is 0 Å². The Morgan fingerprint density at radius 2 is 1.89 bits per heavy atom. The Morgan fingerprint density at radius 3 is 2.53 bits per heavy atom. The first-order valence-corrected chi connectivity index (χ1v) is 7.55. The van der Waals surface area contributed by atoms with Crippen LogP contribution in [0.4, 0.5) is 0 Å². The molecule has 0 saturated heterocycles. The highest BCUT2D eigenvalue weighted by Gasteiger charge is 2.08. The summed E-state index contributed by atoms with van der Waals surface area (Å²) in [5.74, 6) is 1.51. The molecule has 0 radical (unpaired) electrons. The van der Waals surface area contributed by atoms with Crippen LogP contribution in [0.2, 0.25) is 0 Å². The molecule has 0 aliphatic rings. The second-order valence-electron chi connectivity index (χ2n) is 5.11. The van der Waals surface area contributed by atoms with Gasteiger partial charge in [0, 0.05) is 22.7 Å². The lowest BCUT2D eigenvalue weighted by Crippen LogP contribution is -2.12. The van der Waals surface area contributed by atoms with Crippen molar-refractivity contribution in [2.75, 3.05) is 19.8 Å². The molecule has 1 rings (SSSR count). The number of rotatable bonds is 8. The Balaban J connectivity index is 2.38. The van der Waals surface area contributed by atoms with Gasteiger partial charge < -0.3 is 15.2 Å². The van der Waals surface area contributed by atoms with Gasteiger partial charge in [-0.1, -0.05) is 35.8 Å². The molecular weight excluding hydrogens is 306 g/mol. The van der Waals surface area contributed by atoms with E-state index >= 15 is 0 Å². The third-order valence-corrected chi connectivity index (χ3v) is 3.28. The monoisotopic (exact) mass is 329 g/mol. The number of benzene rings is 1. The van der Waals surface area contributed by atoms with E-state index in [0.29, 0.717) is 19.1 Å². The summed E-state index contributed by atoms with van der Waals surface area (Å²) < 4.78 is 12.3. The van der Waals surface area contributed by atoms with E-state index < -0.39 is 0 Å². The third-order valence-electron chi connectivity index (χ3n) is 2.79. The number of ether oxygens (including phenoxy) is 2. The molecule has 1 aromatic carbocycles. The van der Waals surface area contributed by atoms with Crippen molar-refractivity contribution in [1.82, 2.24) is 0 Å². The molecule has 19 heavy (non-hydrogen) atoms. The molecule has 0 heterocycles. The summed E-state index contributed by atoms with van der Waals surface area (Å²) in [4.78, 5) is 0. The van der Waals surface area contributed by atoms with Crippen molar-refractivity contribution in [3.63, 3.8) is 0 Å². The van der Waals surface area contributed by atoms with Crippen LogP contribution in [0, 0.1) is 5.92 Å². The first-order valence-electron chi connectivity index (χ1n) is 6.76. The number of halogens is 1. The molecule has 108 valence electrons. The molecule has 0 aliphatic heterocycles. The van der Waals surface area contributed by atoms with Crippen LogP contribution < -0.4 is 10.5 Å². The van der Waals surface area contributed by atoms with Gasteiger partial charge in [-0.2, -0.15) is 0 Å². The molecule has 0 amide bonds. The van der Waals surface area contributed by atoms with Crippen molar-refractivity contribution in [3.8, 4) is 5.75 Å². The number of hydrogen-bond acceptors (Lipinski definition) is 3. The maximum atomic E-state index is 5.92. The van der Waals surface area contributed by atoms with Crippen molar-refractivity contribution in [1.29, 1.82) is 0 Å². The lowest BCUT2D eigenvalue weighted by Gasteiger charge is -2.14. The minimum atomic E-state index is -0.0371. The van der Waals surface area contributed by atoms with Crippen molar-refractivity contribution >= 4 is 15.9 Å². The minimum absolute atomic E-state index is 0.0371. The van der Waals surface area contributed by atoms with E-state index in [1.807, 2.05) is 25.1 Å². The van der Waals surface area contributed by atoms with Gasteiger partial charge in [0.1, 0.15) is 12.4 Å². The standard InChI is InChI=1S/C15H24BrNO2/c1-11(2)6-7-18-8-9-19-15-10-13(16)4-5-14(15)12(3)17/h4-5,10-12H,6-9,17H2,1-3H3. The molecule has 0 bridgehead atoms.